The molecule has 191 valence electrons. The summed E-state index contributed by atoms with van der Waals surface area (Å²) in [5.41, 5.74) is 5.75. The minimum absolute atomic E-state index is 0. The Balaban J connectivity index is 0.00000150. The third-order valence-electron chi connectivity index (χ3n) is 4.46. The number of fused-ring (bicyclic) bond motifs is 1. The van der Waals surface area contributed by atoms with E-state index in [9.17, 15) is 23.1 Å². The number of nitrogens with zero attached hydrogens (tertiary/aromatic N) is 2. The second kappa shape index (κ2) is 17.0. The van der Waals surface area contributed by atoms with Gasteiger partial charge in [0, 0.05) is 62.7 Å². The standard InChI is InChI=1S/C20H19F3N2O3.C2H6N.C2H6S.Y/c1-25(10-18(21)22)9-15-13-6-5-12(26)8-17(13)28-20(27)14(15)7-11-3-2-4-16(24)19(11)23;1-3-2;1-2-3;/h2-6,8,18,26H,7,9-10,24H2,1H3;1-2H3;3H,2H2,1H3;/q;-1;;. The predicted molar refractivity (Wildman–Crippen MR) is 135 cm³/mol. The third-order valence-corrected chi connectivity index (χ3v) is 4.46. The van der Waals surface area contributed by atoms with E-state index in [0.29, 0.717) is 10.9 Å². The molecule has 2 aromatic carbocycles. The normalized spacial score (nSPS) is 10.3. The fourth-order valence-electron chi connectivity index (χ4n) is 3.15. The number of benzene rings is 2. The maximum absolute atomic E-state index is 14.4. The van der Waals surface area contributed by atoms with Gasteiger partial charge in [-0.25, -0.2) is 18.0 Å². The monoisotopic (exact) mass is 587 g/mol. The number of phenolic OH excluding ortho intramolecular Hbond substituents is 1. The summed E-state index contributed by atoms with van der Waals surface area (Å²) in [6, 6.07) is 8.69. The molecule has 3 rings (SSSR count). The fourth-order valence-corrected chi connectivity index (χ4v) is 3.15. The van der Waals surface area contributed by atoms with Crippen LogP contribution in [0.5, 0.6) is 5.75 Å². The number of rotatable bonds is 6. The van der Waals surface area contributed by atoms with Gasteiger partial charge in [-0.05, 0) is 42.1 Å². The largest absolute Gasteiger partial charge is 0.668 e. The van der Waals surface area contributed by atoms with Crippen LogP contribution in [0.3, 0.4) is 0 Å². The predicted octanol–water partition coefficient (Wildman–Crippen LogP) is 5.06. The smallest absolute Gasteiger partial charge is 0.340 e. The Hall–Kier alpha value is -1.59. The van der Waals surface area contributed by atoms with Crippen LogP contribution in [0.2, 0.25) is 0 Å². The molecule has 0 atom stereocenters. The van der Waals surface area contributed by atoms with Crippen molar-refractivity contribution in [1.82, 2.24) is 4.90 Å². The third kappa shape index (κ3) is 10.5. The zero-order valence-electron chi connectivity index (χ0n) is 20.3. The van der Waals surface area contributed by atoms with Crippen LogP contribution in [0.25, 0.3) is 16.3 Å². The molecule has 0 amide bonds. The Morgan fingerprint density at radius 3 is 2.37 bits per heavy atom. The Morgan fingerprint density at radius 1 is 1.20 bits per heavy atom. The van der Waals surface area contributed by atoms with Crippen LogP contribution in [0, 0.1) is 5.82 Å². The van der Waals surface area contributed by atoms with Crippen molar-refractivity contribution in [3.63, 3.8) is 0 Å². The number of aromatic hydroxyl groups is 1. The molecular formula is C24H31F3N3O3SY-. The van der Waals surface area contributed by atoms with Crippen molar-refractivity contribution in [2.45, 2.75) is 26.3 Å². The van der Waals surface area contributed by atoms with E-state index in [1.807, 2.05) is 6.92 Å². The first kappa shape index (κ1) is 33.4. The molecule has 0 aliphatic carbocycles. The van der Waals surface area contributed by atoms with Gasteiger partial charge in [0.25, 0.3) is 6.43 Å². The molecule has 35 heavy (non-hydrogen) atoms. The first-order valence-electron chi connectivity index (χ1n) is 10.4. The average Bonchev–Trinajstić information content (AvgIpc) is 2.74. The molecule has 6 nitrogen and oxygen atoms in total. The molecule has 0 saturated heterocycles. The van der Waals surface area contributed by atoms with Crippen LogP contribution in [-0.4, -0.2) is 49.9 Å². The van der Waals surface area contributed by atoms with Crippen molar-refractivity contribution in [1.29, 1.82) is 0 Å². The first-order chi connectivity index (χ1) is 16.1. The van der Waals surface area contributed by atoms with E-state index in [4.69, 9.17) is 10.2 Å². The number of hydrogen-bond donors (Lipinski definition) is 3. The molecule has 0 aliphatic rings. The summed E-state index contributed by atoms with van der Waals surface area (Å²) in [6.45, 7) is 1.52. The van der Waals surface area contributed by atoms with Gasteiger partial charge >= 0.3 is 5.63 Å². The van der Waals surface area contributed by atoms with Crippen molar-refractivity contribution in [3.8, 4) is 5.75 Å². The summed E-state index contributed by atoms with van der Waals surface area (Å²) in [6.07, 6.45) is -2.65. The van der Waals surface area contributed by atoms with Crippen LogP contribution < -0.4 is 11.4 Å². The quantitative estimate of drug-likeness (QED) is 0.213. The zero-order valence-corrected chi connectivity index (χ0v) is 24.0. The van der Waals surface area contributed by atoms with E-state index >= 15 is 0 Å². The van der Waals surface area contributed by atoms with E-state index in [0.717, 1.165) is 5.75 Å². The van der Waals surface area contributed by atoms with Gasteiger partial charge in [-0.3, -0.25) is 4.90 Å². The van der Waals surface area contributed by atoms with Gasteiger partial charge in [0.15, 0.2) is 0 Å². The Kier molecular flexibility index (Phi) is 16.2. The van der Waals surface area contributed by atoms with Gasteiger partial charge in [0.2, 0.25) is 0 Å². The van der Waals surface area contributed by atoms with Gasteiger partial charge in [-0.2, -0.15) is 26.7 Å². The van der Waals surface area contributed by atoms with Crippen molar-refractivity contribution < 1.29 is 55.4 Å². The van der Waals surface area contributed by atoms with Crippen molar-refractivity contribution in [2.24, 2.45) is 0 Å². The first-order valence-corrected chi connectivity index (χ1v) is 11.1. The number of anilines is 1. The van der Waals surface area contributed by atoms with Crippen LogP contribution in [0.1, 0.15) is 23.6 Å². The minimum Gasteiger partial charge on any atom is -0.668 e. The number of phenols is 1. The maximum atomic E-state index is 14.4. The molecule has 1 radical (unpaired) electrons. The molecule has 0 aliphatic heterocycles. The molecule has 0 fully saturated rings. The van der Waals surface area contributed by atoms with Gasteiger partial charge in [0.05, 0.1) is 12.2 Å². The van der Waals surface area contributed by atoms with Gasteiger partial charge < -0.3 is 20.6 Å². The second-order valence-corrected chi connectivity index (χ2v) is 8.01. The van der Waals surface area contributed by atoms with Crippen LogP contribution in [0.4, 0.5) is 18.9 Å². The van der Waals surface area contributed by atoms with E-state index in [1.54, 1.807) is 26.2 Å². The summed E-state index contributed by atoms with van der Waals surface area (Å²) < 4.78 is 45.2. The summed E-state index contributed by atoms with van der Waals surface area (Å²) in [5.74, 6) is 0.205. The number of nitrogen functional groups attached to an aromatic ring is 1. The van der Waals surface area contributed by atoms with Crippen LogP contribution >= 0.6 is 12.6 Å². The van der Waals surface area contributed by atoms with E-state index in [-0.39, 0.29) is 73.8 Å². The minimum atomic E-state index is -2.55. The number of thiol groups is 1. The molecule has 3 aromatic rings. The van der Waals surface area contributed by atoms with Crippen LogP contribution in [0.15, 0.2) is 45.6 Å². The molecule has 3 N–H and O–H groups in total. The SMILES string of the molecule is CCS.CN(Cc1c(Cc2cccc(N)c2F)c(=O)oc2cc(O)ccc12)CC(F)F.C[N-]C.[Y]. The molecule has 0 saturated carbocycles. The average molecular weight is 587 g/mol. The molecule has 11 heteroatoms. The van der Waals surface area contributed by atoms with E-state index < -0.39 is 24.4 Å². The Morgan fingerprint density at radius 2 is 1.80 bits per heavy atom. The van der Waals surface area contributed by atoms with Crippen LogP contribution in [-0.2, 0) is 45.7 Å². The summed E-state index contributed by atoms with van der Waals surface area (Å²) >= 11 is 3.79. The maximum Gasteiger partial charge on any atom is 0.340 e. The molecule has 0 bridgehead atoms. The van der Waals surface area contributed by atoms with Crippen molar-refractivity contribution in [3.05, 3.63) is 74.6 Å². The number of hydrogen-bond acceptors (Lipinski definition) is 6. The summed E-state index contributed by atoms with van der Waals surface area (Å²) in [5, 5.41) is 13.6. The fraction of sp³-hybridized carbons (Fsp3) is 0.375. The van der Waals surface area contributed by atoms with E-state index in [2.05, 4.69) is 17.9 Å². The molecule has 1 heterocycles. The summed E-state index contributed by atoms with van der Waals surface area (Å²) in [7, 11) is 5.00. The van der Waals surface area contributed by atoms with Crippen molar-refractivity contribution in [2.75, 3.05) is 39.2 Å². The topological polar surface area (TPSA) is 93.8 Å². The molecular weight excluding hydrogens is 556 g/mol. The number of halogens is 3. The second-order valence-electron chi connectivity index (χ2n) is 7.38. The van der Waals surface area contributed by atoms with Crippen molar-refractivity contribution >= 4 is 29.3 Å². The number of nitrogens with two attached hydrogens (primary N) is 1. The number of alkyl halides is 2. The molecule has 0 unspecified atom stereocenters. The van der Waals surface area contributed by atoms with Gasteiger partial charge in [-0.1, -0.05) is 19.1 Å². The van der Waals surface area contributed by atoms with E-state index in [1.165, 1.54) is 36.2 Å². The zero-order chi connectivity index (χ0) is 25.8. The Bertz CT molecular complexity index is 1110. The molecule has 0 spiro atoms. The summed E-state index contributed by atoms with van der Waals surface area (Å²) in [4.78, 5) is 14.0. The van der Waals surface area contributed by atoms with Gasteiger partial charge in [0.1, 0.15) is 17.1 Å². The molecule has 1 aromatic heterocycles. The van der Waals surface area contributed by atoms with Gasteiger partial charge in [-0.15, -0.1) is 0 Å². The Labute approximate surface area is 234 Å².